The van der Waals surface area contributed by atoms with Gasteiger partial charge in [0.05, 0.1) is 10.4 Å². The lowest BCUT2D eigenvalue weighted by Crippen LogP contribution is -2.32. The lowest BCUT2D eigenvalue weighted by molar-refractivity contribution is 0.100. The van der Waals surface area contributed by atoms with Gasteiger partial charge >= 0.3 is 0 Å². The highest BCUT2D eigenvalue weighted by atomic mass is 32.1. The number of carbonyl (C=O) groups excluding carboxylic acids is 1. The number of nitrogens with two attached hydrogens (primary N) is 1. The van der Waals surface area contributed by atoms with Crippen molar-refractivity contribution in [3.05, 3.63) is 45.4 Å². The number of nitrogens with zero attached hydrogens (tertiary/aromatic N) is 3. The van der Waals surface area contributed by atoms with Gasteiger partial charge in [-0.2, -0.15) is 0 Å². The molecule has 3 aromatic rings. The molecule has 124 valence electrons. The number of thiazole rings is 1. The maximum atomic E-state index is 11.9. The molecule has 7 heteroatoms. The molecule has 0 unspecified atom stereocenters. The number of aromatic nitrogens is 2. The van der Waals surface area contributed by atoms with Gasteiger partial charge in [0, 0.05) is 29.2 Å². The quantitative estimate of drug-likeness (QED) is 0.777. The molecular formula is C17H18N4OS2. The van der Waals surface area contributed by atoms with Crippen molar-refractivity contribution in [2.75, 3.05) is 13.1 Å². The van der Waals surface area contributed by atoms with Crippen LogP contribution >= 0.6 is 22.7 Å². The fourth-order valence-corrected chi connectivity index (χ4v) is 5.18. The average Bonchev–Trinajstić information content (AvgIpc) is 3.23. The van der Waals surface area contributed by atoms with Gasteiger partial charge in [-0.15, -0.1) is 22.7 Å². The maximum Gasteiger partial charge on any atom is 0.259 e. The van der Waals surface area contributed by atoms with E-state index in [9.17, 15) is 4.79 Å². The van der Waals surface area contributed by atoms with E-state index in [1.165, 1.54) is 16.2 Å². The Balaban J connectivity index is 1.56. The van der Waals surface area contributed by atoms with E-state index in [-0.39, 0.29) is 5.91 Å². The van der Waals surface area contributed by atoms with Crippen LogP contribution < -0.4 is 5.73 Å². The van der Waals surface area contributed by atoms with Crippen molar-refractivity contribution in [2.24, 2.45) is 5.73 Å². The van der Waals surface area contributed by atoms with E-state index < -0.39 is 0 Å². The second-order valence-electron chi connectivity index (χ2n) is 6.08. The van der Waals surface area contributed by atoms with Crippen LogP contribution in [0.1, 0.15) is 38.9 Å². The minimum Gasteiger partial charge on any atom is -0.365 e. The van der Waals surface area contributed by atoms with Crippen LogP contribution in [0.5, 0.6) is 0 Å². The van der Waals surface area contributed by atoms with Crippen molar-refractivity contribution >= 4 is 38.8 Å². The zero-order valence-corrected chi connectivity index (χ0v) is 14.8. The summed E-state index contributed by atoms with van der Waals surface area (Å²) in [5.74, 6) is 0.0447. The Kier molecular flexibility index (Phi) is 4.30. The zero-order valence-electron chi connectivity index (χ0n) is 13.1. The summed E-state index contributed by atoms with van der Waals surface area (Å²) in [5, 5.41) is 1.09. The van der Waals surface area contributed by atoms with Gasteiger partial charge in [0.2, 0.25) is 0 Å². The molecule has 0 aromatic carbocycles. The fourth-order valence-electron chi connectivity index (χ4n) is 3.46. The summed E-state index contributed by atoms with van der Waals surface area (Å²) in [6, 6.07) is 3.99. The SMILES string of the molecule is NC(=O)c1sc2ncccc2c1C1CCN(Cc2cncs2)CC1. The monoisotopic (exact) mass is 358 g/mol. The summed E-state index contributed by atoms with van der Waals surface area (Å²) in [5.41, 5.74) is 8.63. The van der Waals surface area contributed by atoms with E-state index in [4.69, 9.17) is 5.73 Å². The molecule has 5 nitrogen and oxygen atoms in total. The number of fused-ring (bicyclic) bond motifs is 1. The second kappa shape index (κ2) is 6.58. The molecule has 24 heavy (non-hydrogen) atoms. The molecule has 1 saturated heterocycles. The van der Waals surface area contributed by atoms with E-state index >= 15 is 0 Å². The van der Waals surface area contributed by atoms with Gasteiger partial charge in [-0.05, 0) is 43.5 Å². The van der Waals surface area contributed by atoms with Crippen LogP contribution in [0.2, 0.25) is 0 Å². The molecule has 2 N–H and O–H groups in total. The Morgan fingerprint density at radius 1 is 1.38 bits per heavy atom. The Morgan fingerprint density at radius 2 is 2.21 bits per heavy atom. The first kappa shape index (κ1) is 15.7. The largest absolute Gasteiger partial charge is 0.365 e. The van der Waals surface area contributed by atoms with Gasteiger partial charge < -0.3 is 5.73 Å². The van der Waals surface area contributed by atoms with Crippen LogP contribution in [-0.2, 0) is 6.54 Å². The molecule has 0 bridgehead atoms. The molecular weight excluding hydrogens is 340 g/mol. The van der Waals surface area contributed by atoms with Crippen molar-refractivity contribution in [1.82, 2.24) is 14.9 Å². The van der Waals surface area contributed by atoms with Gasteiger partial charge in [0.15, 0.2) is 0 Å². The van der Waals surface area contributed by atoms with Crippen molar-refractivity contribution in [1.29, 1.82) is 0 Å². The molecule has 0 radical (unpaired) electrons. The van der Waals surface area contributed by atoms with E-state index in [0.717, 1.165) is 48.3 Å². The predicted octanol–water partition coefficient (Wildman–Crippen LogP) is 3.23. The average molecular weight is 358 g/mol. The number of rotatable bonds is 4. The number of pyridine rings is 1. The molecule has 4 rings (SSSR count). The molecule has 0 spiro atoms. The number of likely N-dealkylation sites (tertiary alicyclic amines) is 1. The Morgan fingerprint density at radius 3 is 2.92 bits per heavy atom. The lowest BCUT2D eigenvalue weighted by atomic mass is 9.87. The normalized spacial score (nSPS) is 16.7. The molecule has 0 aliphatic carbocycles. The highest BCUT2D eigenvalue weighted by Crippen LogP contribution is 2.39. The predicted molar refractivity (Wildman–Crippen MR) is 97.5 cm³/mol. The number of amides is 1. The van der Waals surface area contributed by atoms with Crippen LogP contribution in [0, 0.1) is 0 Å². The highest BCUT2D eigenvalue weighted by molar-refractivity contribution is 7.20. The standard InChI is InChI=1S/C17H18N4OS2/c18-16(22)15-14(13-2-1-5-20-17(13)24-15)11-3-6-21(7-4-11)9-12-8-19-10-23-12/h1-2,5,8,10-11H,3-4,6-7,9H2,(H2,18,22). The van der Waals surface area contributed by atoms with Crippen molar-refractivity contribution in [3.8, 4) is 0 Å². The first-order chi connectivity index (χ1) is 11.7. The van der Waals surface area contributed by atoms with Crippen LogP contribution in [0.15, 0.2) is 30.0 Å². The topological polar surface area (TPSA) is 72.1 Å². The van der Waals surface area contributed by atoms with Crippen LogP contribution in [-0.4, -0.2) is 33.9 Å². The van der Waals surface area contributed by atoms with E-state index in [0.29, 0.717) is 10.8 Å². The molecule has 0 saturated carbocycles. The summed E-state index contributed by atoms with van der Waals surface area (Å²) < 4.78 is 0. The van der Waals surface area contributed by atoms with Gasteiger partial charge in [-0.25, -0.2) is 4.98 Å². The molecule has 4 heterocycles. The number of primary amides is 1. The third-order valence-corrected chi connectivity index (χ3v) is 6.50. The van der Waals surface area contributed by atoms with Crippen LogP contribution in [0.3, 0.4) is 0 Å². The van der Waals surface area contributed by atoms with Crippen molar-refractivity contribution in [2.45, 2.75) is 25.3 Å². The van der Waals surface area contributed by atoms with E-state index in [1.807, 2.05) is 17.8 Å². The zero-order chi connectivity index (χ0) is 16.5. The number of carbonyl (C=O) groups is 1. The second-order valence-corrected chi connectivity index (χ2v) is 8.05. The van der Waals surface area contributed by atoms with Gasteiger partial charge in [0.1, 0.15) is 4.83 Å². The molecule has 1 aliphatic rings. The van der Waals surface area contributed by atoms with Crippen LogP contribution in [0.25, 0.3) is 10.2 Å². The van der Waals surface area contributed by atoms with Crippen molar-refractivity contribution < 1.29 is 4.79 Å². The number of hydrogen-bond donors (Lipinski definition) is 1. The first-order valence-electron chi connectivity index (χ1n) is 7.99. The lowest BCUT2D eigenvalue weighted by Gasteiger charge is -2.31. The number of hydrogen-bond acceptors (Lipinski definition) is 6. The summed E-state index contributed by atoms with van der Waals surface area (Å²) in [7, 11) is 0. The molecule has 0 atom stereocenters. The Bertz CT molecular complexity index is 851. The van der Waals surface area contributed by atoms with Crippen LogP contribution in [0.4, 0.5) is 0 Å². The Hall–Kier alpha value is -1.83. The summed E-state index contributed by atoms with van der Waals surface area (Å²) in [6.07, 6.45) is 5.80. The molecule has 3 aromatic heterocycles. The van der Waals surface area contributed by atoms with Crippen molar-refractivity contribution in [3.63, 3.8) is 0 Å². The van der Waals surface area contributed by atoms with Gasteiger partial charge in [0.25, 0.3) is 5.91 Å². The smallest absolute Gasteiger partial charge is 0.259 e. The van der Waals surface area contributed by atoms with Gasteiger partial charge in [-0.1, -0.05) is 6.07 Å². The number of thiophene rings is 1. The molecule has 1 fully saturated rings. The maximum absolute atomic E-state index is 11.9. The summed E-state index contributed by atoms with van der Waals surface area (Å²) in [6.45, 7) is 3.02. The minimum atomic E-state index is -0.333. The highest BCUT2D eigenvalue weighted by Gasteiger charge is 2.28. The third-order valence-electron chi connectivity index (χ3n) is 4.59. The third kappa shape index (κ3) is 2.94. The van der Waals surface area contributed by atoms with E-state index in [2.05, 4.69) is 20.9 Å². The van der Waals surface area contributed by atoms with Gasteiger partial charge in [-0.3, -0.25) is 14.7 Å². The fraction of sp³-hybridized carbons (Fsp3) is 0.353. The summed E-state index contributed by atoms with van der Waals surface area (Å²) in [4.78, 5) is 25.8. The number of piperidine rings is 1. The molecule has 1 aliphatic heterocycles. The summed E-state index contributed by atoms with van der Waals surface area (Å²) >= 11 is 3.13. The first-order valence-corrected chi connectivity index (χ1v) is 9.69. The minimum absolute atomic E-state index is 0.333. The van der Waals surface area contributed by atoms with E-state index in [1.54, 1.807) is 17.5 Å². The Labute approximate surface area is 148 Å². The molecule has 1 amide bonds.